The summed E-state index contributed by atoms with van der Waals surface area (Å²) in [5.41, 5.74) is 0.559. The number of rotatable bonds is 9. The van der Waals surface area contributed by atoms with Crippen molar-refractivity contribution in [2.75, 3.05) is 62.9 Å². The Bertz CT molecular complexity index is 1310. The van der Waals surface area contributed by atoms with Crippen molar-refractivity contribution in [2.45, 2.75) is 46.1 Å². The van der Waals surface area contributed by atoms with Gasteiger partial charge in [0.15, 0.2) is 16.6 Å². The summed E-state index contributed by atoms with van der Waals surface area (Å²) >= 11 is 1.11. The molecule has 41 heavy (non-hydrogen) atoms. The number of carbonyl (C=O) groups excluding carboxylic acids is 4. The van der Waals surface area contributed by atoms with Gasteiger partial charge >= 0.3 is 0 Å². The lowest BCUT2D eigenvalue weighted by atomic mass is 10.1. The molecular formula is C28H38N6O6S. The summed E-state index contributed by atoms with van der Waals surface area (Å²) < 4.78 is 11.0. The second kappa shape index (κ2) is 13.4. The van der Waals surface area contributed by atoms with Gasteiger partial charge in [-0.05, 0) is 18.9 Å². The predicted octanol–water partition coefficient (Wildman–Crippen LogP) is 2.55. The van der Waals surface area contributed by atoms with Crippen LogP contribution < -0.4 is 19.7 Å². The van der Waals surface area contributed by atoms with Gasteiger partial charge in [-0.15, -0.1) is 0 Å². The highest BCUT2D eigenvalue weighted by molar-refractivity contribution is 8.13. The summed E-state index contributed by atoms with van der Waals surface area (Å²) in [7, 11) is 3.07. The molecule has 3 heterocycles. The first kappa shape index (κ1) is 30.4. The average Bonchev–Trinajstić information content (AvgIpc) is 3.48. The number of nitrogens with one attached hydrogen (secondary N) is 1. The van der Waals surface area contributed by atoms with E-state index in [0.717, 1.165) is 11.8 Å². The molecule has 3 amide bonds. The fourth-order valence-corrected chi connectivity index (χ4v) is 5.79. The van der Waals surface area contributed by atoms with E-state index in [4.69, 9.17) is 19.4 Å². The van der Waals surface area contributed by atoms with Gasteiger partial charge in [-0.2, -0.15) is 4.98 Å². The van der Waals surface area contributed by atoms with Crippen LogP contribution in [0.5, 0.6) is 11.5 Å². The van der Waals surface area contributed by atoms with Crippen molar-refractivity contribution < 1.29 is 28.7 Å². The lowest BCUT2D eigenvalue weighted by molar-refractivity contribution is -0.139. The van der Waals surface area contributed by atoms with E-state index in [-0.39, 0.29) is 22.8 Å². The molecule has 13 heteroatoms. The lowest BCUT2D eigenvalue weighted by Gasteiger charge is -2.35. The highest BCUT2D eigenvalue weighted by Gasteiger charge is 2.36. The zero-order valence-electron chi connectivity index (χ0n) is 24.3. The summed E-state index contributed by atoms with van der Waals surface area (Å²) in [5, 5.41) is 3.50. The van der Waals surface area contributed by atoms with Gasteiger partial charge in [0, 0.05) is 69.2 Å². The molecule has 0 saturated carbocycles. The number of anilines is 2. The van der Waals surface area contributed by atoms with Crippen LogP contribution in [-0.2, 0) is 19.2 Å². The molecule has 0 spiro atoms. The topological polar surface area (TPSA) is 134 Å². The Morgan fingerprint density at radius 2 is 1.73 bits per heavy atom. The Hall–Kier alpha value is -3.61. The molecule has 2 atom stereocenters. The average molecular weight is 587 g/mol. The fourth-order valence-electron chi connectivity index (χ4n) is 5.16. The second-order valence-electron chi connectivity index (χ2n) is 10.2. The first-order chi connectivity index (χ1) is 19.7. The van der Waals surface area contributed by atoms with Crippen molar-refractivity contribution in [2.24, 2.45) is 5.92 Å². The van der Waals surface area contributed by atoms with Gasteiger partial charge in [0.25, 0.3) is 0 Å². The third-order valence-electron chi connectivity index (χ3n) is 7.45. The van der Waals surface area contributed by atoms with Crippen LogP contribution in [0.3, 0.4) is 0 Å². The zero-order chi connectivity index (χ0) is 29.7. The first-order valence-corrected chi connectivity index (χ1v) is 14.9. The molecule has 2 saturated heterocycles. The number of amides is 3. The van der Waals surface area contributed by atoms with Crippen LogP contribution in [0.25, 0.3) is 10.9 Å². The van der Waals surface area contributed by atoms with Crippen LogP contribution >= 0.6 is 11.8 Å². The summed E-state index contributed by atoms with van der Waals surface area (Å²) in [5.74, 6) is 1.31. The molecule has 0 radical (unpaired) electrons. The number of benzene rings is 1. The smallest absolute Gasteiger partial charge is 0.248 e. The Kier molecular flexibility index (Phi) is 9.90. The van der Waals surface area contributed by atoms with Gasteiger partial charge < -0.3 is 29.5 Å². The van der Waals surface area contributed by atoms with E-state index >= 15 is 0 Å². The monoisotopic (exact) mass is 586 g/mol. The molecule has 1 aromatic heterocycles. The molecule has 1 unspecified atom stereocenters. The van der Waals surface area contributed by atoms with Gasteiger partial charge in [0.1, 0.15) is 11.9 Å². The van der Waals surface area contributed by atoms with Crippen molar-refractivity contribution in [3.63, 3.8) is 0 Å². The van der Waals surface area contributed by atoms with E-state index < -0.39 is 12.0 Å². The molecule has 222 valence electrons. The molecule has 1 aromatic carbocycles. The third kappa shape index (κ3) is 6.83. The number of hydrogen-bond acceptors (Lipinski definition) is 10. The van der Waals surface area contributed by atoms with Gasteiger partial charge in [0.05, 0.1) is 19.7 Å². The molecule has 12 nitrogen and oxygen atoms in total. The molecule has 0 bridgehead atoms. The molecular weight excluding hydrogens is 548 g/mol. The van der Waals surface area contributed by atoms with Crippen LogP contribution in [-0.4, -0.2) is 101 Å². The number of hydrogen-bond donors (Lipinski definition) is 1. The number of carbonyl (C=O) groups is 4. The van der Waals surface area contributed by atoms with Crippen LogP contribution in [0.1, 0.15) is 40.0 Å². The minimum Gasteiger partial charge on any atom is -0.493 e. The largest absolute Gasteiger partial charge is 0.493 e. The molecule has 2 aliphatic heterocycles. The van der Waals surface area contributed by atoms with Gasteiger partial charge in [-0.1, -0.05) is 25.6 Å². The molecule has 2 fully saturated rings. The number of fused-ring (bicyclic) bond motifs is 1. The normalized spacial score (nSPS) is 17.9. The fraction of sp³-hybridized carbons (Fsp3) is 0.571. The van der Waals surface area contributed by atoms with Crippen LogP contribution in [0.2, 0.25) is 0 Å². The minimum atomic E-state index is -0.649. The van der Waals surface area contributed by atoms with Crippen molar-refractivity contribution in [3.8, 4) is 11.5 Å². The molecule has 2 aromatic rings. The minimum absolute atomic E-state index is 0.0442. The van der Waals surface area contributed by atoms with Crippen LogP contribution in [0, 0.1) is 5.92 Å². The summed E-state index contributed by atoms with van der Waals surface area (Å²) in [6, 6.07) is 2.82. The second-order valence-corrected chi connectivity index (χ2v) is 11.4. The van der Waals surface area contributed by atoms with Crippen molar-refractivity contribution in [3.05, 3.63) is 12.1 Å². The number of methoxy groups -OCH3 is 2. The maximum Gasteiger partial charge on any atom is 0.248 e. The van der Waals surface area contributed by atoms with E-state index in [1.165, 1.54) is 14.0 Å². The standard InChI is InChI=1S/C28H38N6O6S/c1-6-24(36)32-10-12-33(13-11-32)28-29-20-15-23(40-5)22(39-4)14-19(20)25(31-28)30-26(37)21-8-7-9-34(21)27(38)17(2)16-41-18(3)35/h14-15,17,21H,6-13,16H2,1-5H3,(H,29,30,31,37)/t17?,21-/m0/s1. The zero-order valence-corrected chi connectivity index (χ0v) is 25.1. The summed E-state index contributed by atoms with van der Waals surface area (Å²) in [6.07, 6.45) is 1.70. The summed E-state index contributed by atoms with van der Waals surface area (Å²) in [6.45, 7) is 7.81. The highest BCUT2D eigenvalue weighted by atomic mass is 32.2. The number of nitrogens with zero attached hydrogens (tertiary/aromatic N) is 5. The number of piperazine rings is 1. The highest BCUT2D eigenvalue weighted by Crippen LogP contribution is 2.35. The summed E-state index contributed by atoms with van der Waals surface area (Å²) in [4.78, 5) is 65.3. The van der Waals surface area contributed by atoms with E-state index in [1.807, 2.05) is 16.7 Å². The first-order valence-electron chi connectivity index (χ1n) is 13.9. The number of ether oxygens (including phenoxy) is 2. The Morgan fingerprint density at radius 3 is 2.37 bits per heavy atom. The number of aromatic nitrogens is 2. The molecule has 0 aliphatic carbocycles. The van der Waals surface area contributed by atoms with Crippen molar-refractivity contribution in [1.29, 1.82) is 0 Å². The quantitative estimate of drug-likeness (QED) is 0.467. The van der Waals surface area contributed by atoms with Gasteiger partial charge in [-0.3, -0.25) is 19.2 Å². The maximum absolute atomic E-state index is 13.6. The Balaban J connectivity index is 1.62. The lowest BCUT2D eigenvalue weighted by Crippen LogP contribution is -2.49. The van der Waals surface area contributed by atoms with Gasteiger partial charge in [0.2, 0.25) is 23.7 Å². The van der Waals surface area contributed by atoms with Crippen LogP contribution in [0.15, 0.2) is 12.1 Å². The Morgan fingerprint density at radius 1 is 1.05 bits per heavy atom. The molecule has 1 N–H and O–H groups in total. The SMILES string of the molecule is CCC(=O)N1CCN(c2nc(NC(=O)[C@@H]3CCCN3C(=O)C(C)CSC(C)=O)c3cc(OC)c(OC)cc3n2)CC1. The number of likely N-dealkylation sites (tertiary alicyclic amines) is 1. The van der Waals surface area contributed by atoms with Crippen molar-refractivity contribution >= 4 is 57.3 Å². The van der Waals surface area contributed by atoms with Crippen molar-refractivity contribution in [1.82, 2.24) is 19.8 Å². The van der Waals surface area contributed by atoms with Gasteiger partial charge in [-0.25, -0.2) is 4.98 Å². The van der Waals surface area contributed by atoms with E-state index in [0.29, 0.717) is 91.9 Å². The number of thioether (sulfide) groups is 1. The van der Waals surface area contributed by atoms with E-state index in [2.05, 4.69) is 5.32 Å². The predicted molar refractivity (Wildman–Crippen MR) is 157 cm³/mol. The van der Waals surface area contributed by atoms with Crippen LogP contribution in [0.4, 0.5) is 11.8 Å². The maximum atomic E-state index is 13.6. The van der Waals surface area contributed by atoms with E-state index in [9.17, 15) is 19.2 Å². The Labute approximate surface area is 244 Å². The third-order valence-corrected chi connectivity index (χ3v) is 8.52. The van der Waals surface area contributed by atoms with E-state index in [1.54, 1.807) is 31.1 Å². The molecule has 2 aliphatic rings. The molecule has 4 rings (SSSR count).